The highest BCUT2D eigenvalue weighted by atomic mass is 32.2. The van der Waals surface area contributed by atoms with Crippen LogP contribution in [0.3, 0.4) is 0 Å². The first-order chi connectivity index (χ1) is 12.8. The van der Waals surface area contributed by atoms with Gasteiger partial charge in [-0.15, -0.1) is 13.2 Å². The minimum atomic E-state index is -4.76. The molecule has 0 radical (unpaired) electrons. The SMILES string of the molecule is NN1C(=O)C2=C(Cc3ccc(OC(F)(F)F)cc3S2)CC1c1ccccn1. The van der Waals surface area contributed by atoms with E-state index in [-0.39, 0.29) is 17.7 Å². The molecule has 140 valence electrons. The number of fused-ring (bicyclic) bond motifs is 1. The van der Waals surface area contributed by atoms with Crippen molar-refractivity contribution in [3.63, 3.8) is 0 Å². The van der Waals surface area contributed by atoms with E-state index in [1.165, 1.54) is 12.1 Å². The third kappa shape index (κ3) is 3.52. The van der Waals surface area contributed by atoms with Crippen molar-refractivity contribution in [3.05, 3.63) is 64.3 Å². The molecule has 2 aliphatic rings. The topological polar surface area (TPSA) is 68.5 Å². The molecule has 2 aliphatic heterocycles. The van der Waals surface area contributed by atoms with E-state index in [1.807, 2.05) is 12.1 Å². The average molecular weight is 393 g/mol. The van der Waals surface area contributed by atoms with Crippen LogP contribution in [-0.2, 0) is 11.2 Å². The lowest BCUT2D eigenvalue weighted by Gasteiger charge is -2.36. The number of nitrogens with zero attached hydrogens (tertiary/aromatic N) is 2. The zero-order chi connectivity index (χ0) is 19.2. The molecule has 2 N–H and O–H groups in total. The fraction of sp³-hybridized carbons (Fsp3) is 0.222. The molecule has 9 heteroatoms. The molecule has 3 heterocycles. The van der Waals surface area contributed by atoms with Gasteiger partial charge in [0.05, 0.1) is 16.6 Å². The summed E-state index contributed by atoms with van der Waals surface area (Å²) < 4.78 is 41.3. The fourth-order valence-electron chi connectivity index (χ4n) is 3.24. The van der Waals surface area contributed by atoms with Gasteiger partial charge in [0.2, 0.25) is 0 Å². The summed E-state index contributed by atoms with van der Waals surface area (Å²) in [7, 11) is 0. The molecule has 1 aromatic carbocycles. The van der Waals surface area contributed by atoms with Crippen molar-refractivity contribution in [2.24, 2.45) is 5.84 Å². The predicted molar refractivity (Wildman–Crippen MR) is 92.3 cm³/mol. The van der Waals surface area contributed by atoms with Gasteiger partial charge in [-0.25, -0.2) is 5.84 Å². The maximum atomic E-state index is 12.7. The van der Waals surface area contributed by atoms with Crippen LogP contribution in [0.2, 0.25) is 0 Å². The quantitative estimate of drug-likeness (QED) is 0.622. The highest BCUT2D eigenvalue weighted by Crippen LogP contribution is 2.46. The number of aromatic nitrogens is 1. The number of hydrogen-bond donors (Lipinski definition) is 1. The van der Waals surface area contributed by atoms with Crippen molar-refractivity contribution < 1.29 is 22.7 Å². The summed E-state index contributed by atoms with van der Waals surface area (Å²) >= 11 is 1.13. The molecule has 0 spiro atoms. The molecule has 0 aliphatic carbocycles. The Labute approximate surface area is 157 Å². The van der Waals surface area contributed by atoms with Gasteiger partial charge in [-0.05, 0) is 48.2 Å². The Kier molecular flexibility index (Phi) is 4.35. The number of amides is 1. The zero-order valence-corrected chi connectivity index (χ0v) is 14.7. The minimum Gasteiger partial charge on any atom is -0.406 e. The molecule has 0 bridgehead atoms. The lowest BCUT2D eigenvalue weighted by Crippen LogP contribution is -2.45. The molecular formula is C18H14F3N3O2S. The summed E-state index contributed by atoms with van der Waals surface area (Å²) in [5, 5.41) is 1.15. The van der Waals surface area contributed by atoms with Crippen molar-refractivity contribution in [1.82, 2.24) is 9.99 Å². The molecule has 1 unspecified atom stereocenters. The number of hydrogen-bond acceptors (Lipinski definition) is 5. The van der Waals surface area contributed by atoms with Crippen molar-refractivity contribution in [2.75, 3.05) is 0 Å². The summed E-state index contributed by atoms with van der Waals surface area (Å²) in [6, 6.07) is 9.25. The van der Waals surface area contributed by atoms with E-state index in [0.29, 0.717) is 28.3 Å². The van der Waals surface area contributed by atoms with Crippen LogP contribution in [0.4, 0.5) is 13.2 Å². The second-order valence-electron chi connectivity index (χ2n) is 6.22. The van der Waals surface area contributed by atoms with E-state index in [0.717, 1.165) is 27.9 Å². The minimum absolute atomic E-state index is 0.308. The van der Waals surface area contributed by atoms with Crippen molar-refractivity contribution in [1.29, 1.82) is 0 Å². The van der Waals surface area contributed by atoms with Crippen molar-refractivity contribution in [3.8, 4) is 5.75 Å². The Morgan fingerprint density at radius 1 is 1.26 bits per heavy atom. The molecule has 0 fully saturated rings. The number of thioether (sulfide) groups is 1. The Morgan fingerprint density at radius 2 is 2.07 bits per heavy atom. The number of benzene rings is 1. The first kappa shape index (κ1) is 17.9. The van der Waals surface area contributed by atoms with Crippen molar-refractivity contribution in [2.45, 2.75) is 30.1 Å². The van der Waals surface area contributed by atoms with Gasteiger partial charge in [0.25, 0.3) is 5.91 Å². The Morgan fingerprint density at radius 3 is 2.78 bits per heavy atom. The van der Waals surface area contributed by atoms with E-state index >= 15 is 0 Å². The van der Waals surface area contributed by atoms with Gasteiger partial charge in [-0.3, -0.25) is 14.8 Å². The molecule has 5 nitrogen and oxygen atoms in total. The van der Waals surface area contributed by atoms with Gasteiger partial charge < -0.3 is 4.74 Å². The summed E-state index contributed by atoms with van der Waals surface area (Å²) in [5.74, 6) is 5.35. The largest absolute Gasteiger partial charge is 0.573 e. The molecule has 4 rings (SSSR count). The van der Waals surface area contributed by atoms with E-state index in [1.54, 1.807) is 18.3 Å². The molecule has 0 saturated carbocycles. The normalized spacial score (nSPS) is 19.6. The maximum Gasteiger partial charge on any atom is 0.573 e. The van der Waals surface area contributed by atoms with Crippen LogP contribution < -0.4 is 10.6 Å². The van der Waals surface area contributed by atoms with Crippen LogP contribution in [0.5, 0.6) is 5.75 Å². The van der Waals surface area contributed by atoms with E-state index < -0.39 is 6.36 Å². The van der Waals surface area contributed by atoms with Crippen LogP contribution >= 0.6 is 11.8 Å². The first-order valence-electron chi connectivity index (χ1n) is 8.09. The van der Waals surface area contributed by atoms with Gasteiger partial charge in [-0.1, -0.05) is 23.9 Å². The monoisotopic (exact) mass is 393 g/mol. The van der Waals surface area contributed by atoms with Crippen LogP contribution in [0, 0.1) is 0 Å². The smallest absolute Gasteiger partial charge is 0.406 e. The Bertz CT molecular complexity index is 931. The number of pyridine rings is 1. The highest BCUT2D eigenvalue weighted by molar-refractivity contribution is 8.04. The molecule has 1 amide bonds. The van der Waals surface area contributed by atoms with Crippen molar-refractivity contribution >= 4 is 17.7 Å². The number of halogens is 3. The lowest BCUT2D eigenvalue weighted by atomic mass is 9.92. The van der Waals surface area contributed by atoms with Gasteiger partial charge in [0.1, 0.15) is 5.75 Å². The van der Waals surface area contributed by atoms with Crippen LogP contribution in [0.25, 0.3) is 0 Å². The second kappa shape index (κ2) is 6.58. The Balaban J connectivity index is 1.63. The fourth-order valence-corrected chi connectivity index (χ4v) is 4.39. The number of alkyl halides is 3. The molecule has 0 saturated heterocycles. The van der Waals surface area contributed by atoms with E-state index in [9.17, 15) is 18.0 Å². The van der Waals surface area contributed by atoms with E-state index in [4.69, 9.17) is 5.84 Å². The number of nitrogens with two attached hydrogens (primary N) is 1. The van der Waals surface area contributed by atoms with E-state index in [2.05, 4.69) is 9.72 Å². The number of hydrazine groups is 1. The van der Waals surface area contributed by atoms with Gasteiger partial charge in [0, 0.05) is 11.1 Å². The highest BCUT2D eigenvalue weighted by Gasteiger charge is 2.37. The lowest BCUT2D eigenvalue weighted by molar-refractivity contribution is -0.274. The number of rotatable bonds is 2. The Hall–Kier alpha value is -2.52. The molecule has 27 heavy (non-hydrogen) atoms. The number of ether oxygens (including phenoxy) is 1. The van der Waals surface area contributed by atoms with Gasteiger partial charge in [0.15, 0.2) is 0 Å². The number of carbonyl (C=O) groups is 1. The first-order valence-corrected chi connectivity index (χ1v) is 8.91. The van der Waals surface area contributed by atoms with Crippen LogP contribution in [0.15, 0.2) is 58.0 Å². The maximum absolute atomic E-state index is 12.7. The summed E-state index contributed by atoms with van der Waals surface area (Å²) in [6.45, 7) is 0. The predicted octanol–water partition coefficient (Wildman–Crippen LogP) is 3.73. The summed E-state index contributed by atoms with van der Waals surface area (Å²) in [6.07, 6.45) is -2.11. The third-order valence-corrected chi connectivity index (χ3v) is 5.71. The summed E-state index contributed by atoms with van der Waals surface area (Å²) in [4.78, 5) is 18.1. The second-order valence-corrected chi connectivity index (χ2v) is 7.27. The zero-order valence-electron chi connectivity index (χ0n) is 13.9. The standard InChI is InChI=1S/C18H14F3N3O2S/c19-18(20,21)26-12-5-4-10-7-11-8-14(13-3-1-2-6-23-13)24(22)17(25)16(11)27-15(10)9-12/h1-6,9,14H,7-8,22H2. The number of carbonyl (C=O) groups excluding carboxylic acids is 1. The summed E-state index contributed by atoms with van der Waals surface area (Å²) in [5.41, 5.74) is 2.47. The molecule has 2 aromatic rings. The molecule has 1 atom stereocenters. The van der Waals surface area contributed by atoms with Crippen LogP contribution in [0.1, 0.15) is 23.7 Å². The van der Waals surface area contributed by atoms with Crippen LogP contribution in [-0.4, -0.2) is 22.3 Å². The molecule has 1 aromatic heterocycles. The third-order valence-electron chi connectivity index (χ3n) is 4.44. The average Bonchev–Trinajstić information content (AvgIpc) is 2.63. The molecular weight excluding hydrogens is 379 g/mol. The van der Waals surface area contributed by atoms with Gasteiger partial charge in [-0.2, -0.15) is 0 Å². The van der Waals surface area contributed by atoms with Gasteiger partial charge >= 0.3 is 6.36 Å².